The number of nitrogens with zero attached hydrogens (tertiary/aromatic N) is 2. The van der Waals surface area contributed by atoms with Crippen LogP contribution in [0.1, 0.15) is 17.3 Å². The number of imide groups is 1. The Kier molecular flexibility index (Phi) is 4.28. The Hall–Kier alpha value is -3.34. The van der Waals surface area contributed by atoms with Crippen molar-refractivity contribution in [3.8, 4) is 0 Å². The largest absolute Gasteiger partial charge is 0.501 e. The lowest BCUT2D eigenvalue weighted by Gasteiger charge is -2.25. The maximum absolute atomic E-state index is 12.9. The first-order valence-corrected chi connectivity index (χ1v) is 8.96. The fourth-order valence-corrected chi connectivity index (χ4v) is 3.56. The minimum absolute atomic E-state index is 0.0923. The highest BCUT2D eigenvalue weighted by Gasteiger charge is 2.46. The molecule has 1 aliphatic carbocycles. The Balaban J connectivity index is 1.71. The summed E-state index contributed by atoms with van der Waals surface area (Å²) in [6.07, 6.45) is 7.07. The SMILES string of the molecule is CCN1C(=O)C2C=CC=CC2=[N+](CC(=O)c2ccc3ccccc3c2)C1=O. The summed E-state index contributed by atoms with van der Waals surface area (Å²) in [5.74, 6) is -0.918. The van der Waals surface area contributed by atoms with Crippen LogP contribution in [-0.4, -0.2) is 46.0 Å². The van der Waals surface area contributed by atoms with Crippen LogP contribution in [0.15, 0.2) is 66.8 Å². The van der Waals surface area contributed by atoms with Gasteiger partial charge in [0, 0.05) is 5.56 Å². The third-order valence-corrected chi connectivity index (χ3v) is 5.00. The quantitative estimate of drug-likeness (QED) is 0.622. The third-order valence-electron chi connectivity index (χ3n) is 5.00. The van der Waals surface area contributed by atoms with E-state index in [-0.39, 0.29) is 24.8 Å². The summed E-state index contributed by atoms with van der Waals surface area (Å²) in [5.41, 5.74) is 1.11. The van der Waals surface area contributed by atoms with E-state index in [9.17, 15) is 14.4 Å². The number of rotatable bonds is 4. The number of benzene rings is 2. The summed E-state index contributed by atoms with van der Waals surface area (Å²) in [5, 5.41) is 2.03. The molecule has 0 aromatic heterocycles. The monoisotopic (exact) mass is 359 g/mol. The van der Waals surface area contributed by atoms with E-state index < -0.39 is 11.9 Å². The predicted molar refractivity (Wildman–Crippen MR) is 103 cm³/mol. The number of urea groups is 1. The van der Waals surface area contributed by atoms with Crippen molar-refractivity contribution in [2.45, 2.75) is 6.92 Å². The van der Waals surface area contributed by atoms with Crippen LogP contribution >= 0.6 is 0 Å². The Morgan fingerprint density at radius 1 is 1.07 bits per heavy atom. The van der Waals surface area contributed by atoms with Gasteiger partial charge in [0.25, 0.3) is 0 Å². The van der Waals surface area contributed by atoms with Crippen LogP contribution in [0.4, 0.5) is 4.79 Å². The van der Waals surface area contributed by atoms with Crippen molar-refractivity contribution in [2.75, 3.05) is 13.1 Å². The molecule has 0 radical (unpaired) electrons. The van der Waals surface area contributed by atoms with Crippen molar-refractivity contribution < 1.29 is 19.0 Å². The molecule has 1 atom stereocenters. The van der Waals surface area contributed by atoms with Crippen LogP contribution in [-0.2, 0) is 4.79 Å². The molecule has 0 spiro atoms. The highest BCUT2D eigenvalue weighted by atomic mass is 16.2. The van der Waals surface area contributed by atoms with Gasteiger partial charge in [-0.05, 0) is 29.8 Å². The van der Waals surface area contributed by atoms with Gasteiger partial charge < -0.3 is 0 Å². The molecule has 2 aliphatic rings. The molecule has 1 heterocycles. The summed E-state index contributed by atoms with van der Waals surface area (Å²) in [6, 6.07) is 12.9. The van der Waals surface area contributed by atoms with Gasteiger partial charge in [0.2, 0.25) is 5.78 Å². The molecule has 0 saturated carbocycles. The number of Topliss-reactive ketones (excluding diaryl/α,β-unsaturated/α-hetero) is 1. The van der Waals surface area contributed by atoms with E-state index in [4.69, 9.17) is 0 Å². The van der Waals surface area contributed by atoms with Gasteiger partial charge in [0.1, 0.15) is 11.6 Å². The predicted octanol–water partition coefficient (Wildman–Crippen LogP) is 3.20. The van der Waals surface area contributed by atoms with Gasteiger partial charge in [-0.25, -0.2) is 4.79 Å². The first kappa shape index (κ1) is 17.1. The van der Waals surface area contributed by atoms with Gasteiger partial charge in [-0.1, -0.05) is 54.6 Å². The lowest BCUT2D eigenvalue weighted by molar-refractivity contribution is -0.425. The van der Waals surface area contributed by atoms with E-state index in [2.05, 4.69) is 0 Å². The van der Waals surface area contributed by atoms with E-state index in [1.807, 2.05) is 36.4 Å². The van der Waals surface area contributed by atoms with Crippen molar-refractivity contribution in [2.24, 2.45) is 5.92 Å². The summed E-state index contributed by atoms with van der Waals surface area (Å²) < 4.78 is 1.42. The molecule has 3 amide bonds. The first-order chi connectivity index (χ1) is 13.1. The lowest BCUT2D eigenvalue weighted by Crippen LogP contribution is -2.55. The standard InChI is InChI=1S/C22H19N2O3/c1-2-23-21(26)18-9-5-6-10-19(18)24(22(23)27)14-20(25)17-12-11-15-7-3-4-8-16(15)13-17/h3-13,18H,2,14H2,1H3/q+1. The molecular formula is C22H19N2O3+. The summed E-state index contributed by atoms with van der Waals surface area (Å²) in [4.78, 5) is 39.4. The second-order valence-corrected chi connectivity index (χ2v) is 6.58. The van der Waals surface area contributed by atoms with Gasteiger partial charge >= 0.3 is 11.9 Å². The molecule has 5 nitrogen and oxygen atoms in total. The Morgan fingerprint density at radius 3 is 2.63 bits per heavy atom. The number of hydrogen-bond donors (Lipinski definition) is 0. The highest BCUT2D eigenvalue weighted by molar-refractivity contribution is 6.17. The number of hydrogen-bond acceptors (Lipinski definition) is 3. The van der Waals surface area contributed by atoms with Crippen molar-refractivity contribution >= 4 is 34.2 Å². The second kappa shape index (κ2) is 6.76. The smallest absolute Gasteiger partial charge is 0.290 e. The van der Waals surface area contributed by atoms with Gasteiger partial charge in [-0.2, -0.15) is 14.3 Å². The third kappa shape index (κ3) is 2.91. The van der Waals surface area contributed by atoms with Crippen LogP contribution in [0.3, 0.4) is 0 Å². The van der Waals surface area contributed by atoms with Crippen LogP contribution in [0, 0.1) is 5.92 Å². The zero-order chi connectivity index (χ0) is 19.0. The molecule has 134 valence electrons. The molecule has 1 unspecified atom stereocenters. The number of amides is 3. The van der Waals surface area contributed by atoms with E-state index in [0.29, 0.717) is 11.3 Å². The van der Waals surface area contributed by atoms with Crippen LogP contribution in [0.5, 0.6) is 0 Å². The summed E-state index contributed by atoms with van der Waals surface area (Å²) in [6.45, 7) is 1.94. The zero-order valence-corrected chi connectivity index (χ0v) is 15.0. The fourth-order valence-electron chi connectivity index (χ4n) is 3.56. The van der Waals surface area contributed by atoms with E-state index in [1.165, 1.54) is 9.48 Å². The van der Waals surface area contributed by atoms with Crippen molar-refractivity contribution in [1.29, 1.82) is 0 Å². The fraction of sp³-hybridized carbons (Fsp3) is 0.182. The molecule has 2 aromatic rings. The summed E-state index contributed by atoms with van der Waals surface area (Å²) >= 11 is 0. The van der Waals surface area contributed by atoms with Gasteiger partial charge in [0.15, 0.2) is 6.54 Å². The summed E-state index contributed by atoms with van der Waals surface area (Å²) in [7, 11) is 0. The Labute approximate surface area is 156 Å². The zero-order valence-electron chi connectivity index (χ0n) is 15.0. The number of ketones is 1. The van der Waals surface area contributed by atoms with Crippen LogP contribution in [0.25, 0.3) is 10.8 Å². The number of carbonyl (C=O) groups is 3. The molecule has 0 N–H and O–H groups in total. The molecular weight excluding hydrogens is 340 g/mol. The van der Waals surface area contributed by atoms with E-state index >= 15 is 0 Å². The Morgan fingerprint density at radius 2 is 1.85 bits per heavy atom. The maximum atomic E-state index is 12.9. The average Bonchev–Trinajstić information content (AvgIpc) is 2.71. The highest BCUT2D eigenvalue weighted by Crippen LogP contribution is 2.21. The molecule has 0 fully saturated rings. The van der Waals surface area contributed by atoms with Crippen molar-refractivity contribution in [1.82, 2.24) is 4.90 Å². The minimum atomic E-state index is -0.517. The molecule has 0 bridgehead atoms. The minimum Gasteiger partial charge on any atom is -0.290 e. The van der Waals surface area contributed by atoms with Crippen molar-refractivity contribution in [3.05, 3.63) is 72.3 Å². The number of carbonyl (C=O) groups excluding carboxylic acids is 3. The molecule has 5 heteroatoms. The van der Waals surface area contributed by atoms with Crippen LogP contribution < -0.4 is 0 Å². The Bertz CT molecular complexity index is 1060. The molecule has 0 saturated heterocycles. The van der Waals surface area contributed by atoms with Gasteiger partial charge in [-0.3, -0.25) is 4.79 Å². The number of fused-ring (bicyclic) bond motifs is 2. The van der Waals surface area contributed by atoms with Crippen molar-refractivity contribution in [3.63, 3.8) is 0 Å². The molecule has 4 rings (SSSR count). The van der Waals surface area contributed by atoms with Gasteiger partial charge in [0.05, 0.1) is 6.54 Å². The number of allylic oxidation sites excluding steroid dienone is 3. The normalized spacial score (nSPS) is 19.0. The molecule has 27 heavy (non-hydrogen) atoms. The molecule has 2 aromatic carbocycles. The first-order valence-electron chi connectivity index (χ1n) is 8.96. The van der Waals surface area contributed by atoms with Crippen LogP contribution in [0.2, 0.25) is 0 Å². The van der Waals surface area contributed by atoms with E-state index in [1.54, 1.807) is 37.3 Å². The van der Waals surface area contributed by atoms with Gasteiger partial charge in [-0.15, -0.1) is 0 Å². The lowest BCUT2D eigenvalue weighted by atomic mass is 9.94. The molecule has 1 aliphatic heterocycles. The second-order valence-electron chi connectivity index (χ2n) is 6.58. The topological polar surface area (TPSA) is 57.5 Å². The maximum Gasteiger partial charge on any atom is 0.501 e. The van der Waals surface area contributed by atoms with E-state index in [0.717, 1.165) is 10.8 Å². The average molecular weight is 359 g/mol.